The molecule has 2 aromatic rings. The first-order valence-corrected chi connectivity index (χ1v) is 7.47. The van der Waals surface area contributed by atoms with Crippen molar-refractivity contribution in [2.24, 2.45) is 0 Å². The fourth-order valence-electron chi connectivity index (χ4n) is 2.16. The number of hydrogen-bond acceptors (Lipinski definition) is 4. The van der Waals surface area contributed by atoms with Gasteiger partial charge in [-0.3, -0.25) is 4.98 Å². The van der Waals surface area contributed by atoms with Crippen molar-refractivity contribution < 1.29 is 14.2 Å². The molecule has 0 bridgehead atoms. The number of aromatic nitrogens is 1. The Bertz CT molecular complexity index is 578. The van der Waals surface area contributed by atoms with Crippen LogP contribution in [0.4, 0.5) is 0 Å². The minimum Gasteiger partial charge on any atom is -0.490 e. The molecule has 1 heterocycles. The van der Waals surface area contributed by atoms with Crippen LogP contribution < -0.4 is 14.2 Å². The molecule has 0 fully saturated rings. The third-order valence-electron chi connectivity index (χ3n) is 2.95. The van der Waals surface area contributed by atoms with E-state index in [0.717, 1.165) is 11.1 Å². The summed E-state index contributed by atoms with van der Waals surface area (Å²) in [6, 6.07) is 7.84. The van der Waals surface area contributed by atoms with Gasteiger partial charge in [-0.2, -0.15) is 0 Å². The van der Waals surface area contributed by atoms with Crippen LogP contribution in [-0.4, -0.2) is 24.3 Å². The second-order valence-corrected chi connectivity index (χ2v) is 5.58. The molecule has 4 nitrogen and oxygen atoms in total. The van der Waals surface area contributed by atoms with Crippen LogP contribution in [0.3, 0.4) is 0 Å². The lowest BCUT2D eigenvalue weighted by atomic mass is 10.1. The minimum absolute atomic E-state index is 0.0462. The molecule has 0 aliphatic heterocycles. The third kappa shape index (κ3) is 3.91. The number of rotatable bonds is 6. The number of ether oxygens (including phenoxy) is 3. The molecule has 0 saturated heterocycles. The maximum atomic E-state index is 5.90. The average Bonchev–Trinajstić information content (AvgIpc) is 2.46. The summed E-state index contributed by atoms with van der Waals surface area (Å²) >= 11 is 0. The van der Waals surface area contributed by atoms with Gasteiger partial charge in [0.15, 0.2) is 11.5 Å². The first-order chi connectivity index (χ1) is 10.5. The molecule has 0 saturated carbocycles. The van der Waals surface area contributed by atoms with E-state index >= 15 is 0 Å². The summed E-state index contributed by atoms with van der Waals surface area (Å²) in [5, 5.41) is 0. The Balaban J connectivity index is 2.55. The van der Waals surface area contributed by atoms with Crippen molar-refractivity contribution >= 4 is 0 Å². The van der Waals surface area contributed by atoms with Gasteiger partial charge in [0.05, 0.1) is 19.3 Å². The summed E-state index contributed by atoms with van der Waals surface area (Å²) in [4.78, 5) is 4.17. The van der Waals surface area contributed by atoms with Gasteiger partial charge in [-0.25, -0.2) is 0 Å². The van der Waals surface area contributed by atoms with Gasteiger partial charge in [0.1, 0.15) is 0 Å². The molecule has 1 aromatic heterocycles. The van der Waals surface area contributed by atoms with Crippen molar-refractivity contribution in [1.82, 2.24) is 4.98 Å². The summed E-state index contributed by atoms with van der Waals surface area (Å²) in [5.41, 5.74) is 1.99. The van der Waals surface area contributed by atoms with Crippen LogP contribution in [0.25, 0.3) is 11.1 Å². The molecule has 0 atom stereocenters. The van der Waals surface area contributed by atoms with Crippen LogP contribution in [0, 0.1) is 0 Å². The van der Waals surface area contributed by atoms with Crippen LogP contribution in [0.5, 0.6) is 17.2 Å². The van der Waals surface area contributed by atoms with E-state index in [1.165, 1.54) is 0 Å². The first-order valence-electron chi connectivity index (χ1n) is 7.47. The van der Waals surface area contributed by atoms with E-state index in [2.05, 4.69) is 4.98 Å². The lowest BCUT2D eigenvalue weighted by Crippen LogP contribution is -2.10. The predicted octanol–water partition coefficient (Wildman–Crippen LogP) is 4.33. The highest BCUT2D eigenvalue weighted by Gasteiger charge is 2.17. The van der Waals surface area contributed by atoms with Gasteiger partial charge in [-0.1, -0.05) is 6.07 Å². The first kappa shape index (κ1) is 16.1. The standard InChI is InChI=1S/C18H23NO3/c1-12(2)21-16-9-15(14-7-6-8-19-11-14)10-17(18(16)20-5)22-13(3)4/h6-13H,1-5H3. The van der Waals surface area contributed by atoms with Crippen LogP contribution >= 0.6 is 0 Å². The quantitative estimate of drug-likeness (QED) is 0.796. The van der Waals surface area contributed by atoms with E-state index in [1.807, 2.05) is 58.2 Å². The van der Waals surface area contributed by atoms with Crippen LogP contribution in [0.1, 0.15) is 27.7 Å². The Labute approximate surface area is 132 Å². The van der Waals surface area contributed by atoms with Gasteiger partial charge < -0.3 is 14.2 Å². The predicted molar refractivity (Wildman–Crippen MR) is 87.8 cm³/mol. The smallest absolute Gasteiger partial charge is 0.203 e. The summed E-state index contributed by atoms with van der Waals surface area (Å²) in [6.45, 7) is 7.94. The molecule has 0 aliphatic carbocycles. The largest absolute Gasteiger partial charge is 0.490 e. The van der Waals surface area contributed by atoms with Crippen LogP contribution in [-0.2, 0) is 0 Å². The number of methoxy groups -OCH3 is 1. The van der Waals surface area contributed by atoms with Gasteiger partial charge in [0, 0.05) is 18.0 Å². The second kappa shape index (κ2) is 7.16. The van der Waals surface area contributed by atoms with Crippen molar-refractivity contribution in [2.45, 2.75) is 39.9 Å². The zero-order valence-electron chi connectivity index (χ0n) is 13.8. The Morgan fingerprint density at radius 1 is 0.909 bits per heavy atom. The molecule has 0 N–H and O–H groups in total. The Kier molecular flexibility index (Phi) is 5.26. The summed E-state index contributed by atoms with van der Waals surface area (Å²) in [5.74, 6) is 1.97. The Hall–Kier alpha value is -2.23. The molecule has 0 aliphatic rings. The SMILES string of the molecule is COc1c(OC(C)C)cc(-c2cccnc2)cc1OC(C)C. The highest BCUT2D eigenvalue weighted by molar-refractivity contribution is 5.70. The van der Waals surface area contributed by atoms with E-state index in [0.29, 0.717) is 17.2 Å². The number of nitrogens with zero attached hydrogens (tertiary/aromatic N) is 1. The van der Waals surface area contributed by atoms with Crippen LogP contribution in [0.2, 0.25) is 0 Å². The molecule has 22 heavy (non-hydrogen) atoms. The van der Waals surface area contributed by atoms with Crippen molar-refractivity contribution in [3.8, 4) is 28.4 Å². The Morgan fingerprint density at radius 2 is 1.50 bits per heavy atom. The number of pyridine rings is 1. The molecule has 2 rings (SSSR count). The minimum atomic E-state index is 0.0462. The molecule has 0 amide bonds. The highest BCUT2D eigenvalue weighted by atomic mass is 16.5. The zero-order chi connectivity index (χ0) is 16.1. The number of benzene rings is 1. The molecular weight excluding hydrogens is 278 g/mol. The summed E-state index contributed by atoms with van der Waals surface area (Å²) in [6.07, 6.45) is 3.67. The normalized spacial score (nSPS) is 10.9. The lowest BCUT2D eigenvalue weighted by Gasteiger charge is -2.20. The molecule has 0 radical (unpaired) electrons. The fourth-order valence-corrected chi connectivity index (χ4v) is 2.16. The fraction of sp³-hybridized carbons (Fsp3) is 0.389. The van der Waals surface area contributed by atoms with E-state index < -0.39 is 0 Å². The van der Waals surface area contributed by atoms with Crippen molar-refractivity contribution in [3.63, 3.8) is 0 Å². The summed E-state index contributed by atoms with van der Waals surface area (Å²) in [7, 11) is 1.62. The zero-order valence-corrected chi connectivity index (χ0v) is 13.8. The maximum absolute atomic E-state index is 5.90. The molecule has 4 heteroatoms. The van der Waals surface area contributed by atoms with E-state index in [-0.39, 0.29) is 12.2 Å². The van der Waals surface area contributed by atoms with Gasteiger partial charge in [-0.05, 0) is 51.5 Å². The second-order valence-electron chi connectivity index (χ2n) is 5.58. The van der Waals surface area contributed by atoms with Gasteiger partial charge >= 0.3 is 0 Å². The topological polar surface area (TPSA) is 40.6 Å². The molecule has 0 unspecified atom stereocenters. The van der Waals surface area contributed by atoms with Crippen LogP contribution in [0.15, 0.2) is 36.7 Å². The van der Waals surface area contributed by atoms with E-state index in [4.69, 9.17) is 14.2 Å². The summed E-state index contributed by atoms with van der Waals surface area (Å²) < 4.78 is 17.3. The van der Waals surface area contributed by atoms with Gasteiger partial charge in [-0.15, -0.1) is 0 Å². The van der Waals surface area contributed by atoms with E-state index in [9.17, 15) is 0 Å². The Morgan fingerprint density at radius 3 is 1.91 bits per heavy atom. The lowest BCUT2D eigenvalue weighted by molar-refractivity contribution is 0.209. The highest BCUT2D eigenvalue weighted by Crippen LogP contribution is 2.42. The molecule has 118 valence electrons. The van der Waals surface area contributed by atoms with Crippen molar-refractivity contribution in [3.05, 3.63) is 36.7 Å². The molecule has 0 spiro atoms. The third-order valence-corrected chi connectivity index (χ3v) is 2.95. The van der Waals surface area contributed by atoms with Gasteiger partial charge in [0.25, 0.3) is 0 Å². The average molecular weight is 301 g/mol. The molecular formula is C18H23NO3. The van der Waals surface area contributed by atoms with Gasteiger partial charge in [0.2, 0.25) is 5.75 Å². The van der Waals surface area contributed by atoms with E-state index in [1.54, 1.807) is 13.3 Å². The molecule has 1 aromatic carbocycles. The van der Waals surface area contributed by atoms with Crippen molar-refractivity contribution in [1.29, 1.82) is 0 Å². The monoisotopic (exact) mass is 301 g/mol. The number of hydrogen-bond donors (Lipinski definition) is 0. The maximum Gasteiger partial charge on any atom is 0.203 e. The van der Waals surface area contributed by atoms with Crippen molar-refractivity contribution in [2.75, 3.05) is 7.11 Å².